The van der Waals surface area contributed by atoms with Gasteiger partial charge in [-0.25, -0.2) is 0 Å². The van der Waals surface area contributed by atoms with Crippen molar-refractivity contribution in [1.29, 1.82) is 0 Å². The summed E-state index contributed by atoms with van der Waals surface area (Å²) in [5, 5.41) is 20.9. The summed E-state index contributed by atoms with van der Waals surface area (Å²) in [6.07, 6.45) is 5.70. The zero-order valence-corrected chi connectivity index (χ0v) is 18.7. The predicted octanol–water partition coefficient (Wildman–Crippen LogP) is 3.98. The maximum atomic E-state index is 10.7. The highest BCUT2D eigenvalue weighted by atomic mass is 16.5. The Morgan fingerprint density at radius 3 is 2.11 bits per heavy atom. The largest absolute Gasteiger partial charge is 0.393 e. The summed E-state index contributed by atoms with van der Waals surface area (Å²) < 4.78 is 6.34. The maximum absolute atomic E-state index is 10.7. The third-order valence-electron chi connectivity index (χ3n) is 8.81. The van der Waals surface area contributed by atoms with Crippen molar-refractivity contribution in [2.45, 2.75) is 116 Å². The summed E-state index contributed by atoms with van der Waals surface area (Å²) in [4.78, 5) is 2.39. The van der Waals surface area contributed by atoms with Crippen LogP contribution in [0, 0.1) is 16.7 Å². The van der Waals surface area contributed by atoms with Gasteiger partial charge in [0.05, 0.1) is 18.3 Å². The molecule has 2 bridgehead atoms. The minimum atomic E-state index is -0.391. The van der Waals surface area contributed by atoms with Gasteiger partial charge in [-0.15, -0.1) is 0 Å². The van der Waals surface area contributed by atoms with Crippen LogP contribution in [0.2, 0.25) is 0 Å². The van der Waals surface area contributed by atoms with Crippen LogP contribution < -0.4 is 0 Å². The van der Waals surface area contributed by atoms with E-state index in [4.69, 9.17) is 4.74 Å². The lowest BCUT2D eigenvalue weighted by Crippen LogP contribution is -2.63. The van der Waals surface area contributed by atoms with Crippen molar-refractivity contribution in [3.63, 3.8) is 0 Å². The summed E-state index contributed by atoms with van der Waals surface area (Å²) in [7, 11) is 0. The second-order valence-corrected chi connectivity index (χ2v) is 11.7. The molecule has 27 heavy (non-hydrogen) atoms. The average molecular weight is 382 g/mol. The van der Waals surface area contributed by atoms with E-state index in [9.17, 15) is 10.2 Å². The van der Waals surface area contributed by atoms with E-state index in [1.807, 2.05) is 0 Å². The van der Waals surface area contributed by atoms with Gasteiger partial charge in [-0.2, -0.15) is 0 Å². The van der Waals surface area contributed by atoms with Crippen LogP contribution in [0.15, 0.2) is 0 Å². The normalized spacial score (nSPS) is 39.0. The predicted molar refractivity (Wildman–Crippen MR) is 110 cm³/mol. The number of piperidine rings is 1. The van der Waals surface area contributed by atoms with Gasteiger partial charge in [-0.1, -0.05) is 20.8 Å². The quantitative estimate of drug-likeness (QED) is 0.731. The topological polar surface area (TPSA) is 52.9 Å². The van der Waals surface area contributed by atoms with Gasteiger partial charge in [-0.05, 0) is 83.0 Å². The van der Waals surface area contributed by atoms with Crippen molar-refractivity contribution in [1.82, 2.24) is 4.90 Å². The molecule has 0 unspecified atom stereocenters. The van der Waals surface area contributed by atoms with Crippen LogP contribution in [0.4, 0.5) is 0 Å². The highest BCUT2D eigenvalue weighted by Crippen LogP contribution is 2.66. The molecule has 4 atom stereocenters. The zero-order chi connectivity index (χ0) is 20.3. The summed E-state index contributed by atoms with van der Waals surface area (Å²) in [5.74, 6) is 0.791. The molecule has 2 N–H and O–H groups in total. The molecule has 1 heterocycles. The van der Waals surface area contributed by atoms with Crippen LogP contribution in [0.5, 0.6) is 0 Å². The minimum Gasteiger partial charge on any atom is -0.393 e. The van der Waals surface area contributed by atoms with Gasteiger partial charge in [-0.3, -0.25) is 4.90 Å². The molecule has 0 radical (unpaired) electrons. The molecule has 4 heteroatoms. The van der Waals surface area contributed by atoms with Crippen LogP contribution in [0.1, 0.15) is 87.0 Å². The summed E-state index contributed by atoms with van der Waals surface area (Å²) in [6, 6.07) is 0. The van der Waals surface area contributed by atoms with Crippen LogP contribution in [0.25, 0.3) is 0 Å². The van der Waals surface area contributed by atoms with E-state index in [2.05, 4.69) is 53.4 Å². The Kier molecular flexibility index (Phi) is 5.56. The van der Waals surface area contributed by atoms with Crippen LogP contribution in [0.3, 0.4) is 0 Å². The van der Waals surface area contributed by atoms with Crippen molar-refractivity contribution in [2.75, 3.05) is 13.2 Å². The Balaban J connectivity index is 1.51. The van der Waals surface area contributed by atoms with Crippen LogP contribution in [-0.2, 0) is 4.74 Å². The van der Waals surface area contributed by atoms with E-state index < -0.39 is 6.10 Å². The molecule has 0 aromatic heterocycles. The van der Waals surface area contributed by atoms with Crippen LogP contribution in [-0.4, -0.2) is 57.7 Å². The fourth-order valence-corrected chi connectivity index (χ4v) is 6.79. The summed E-state index contributed by atoms with van der Waals surface area (Å²) in [6.45, 7) is 17.2. The SMILES string of the molecule is CC1(C)CC(O)CC(C)(C)N1C[C@@H](O)CCO[C@H]1C[C@@H]2CC[C@]1(C)C2(C)C. The number of hydrogen-bond acceptors (Lipinski definition) is 4. The Morgan fingerprint density at radius 1 is 1.04 bits per heavy atom. The van der Waals surface area contributed by atoms with Crippen molar-refractivity contribution < 1.29 is 14.9 Å². The lowest BCUT2D eigenvalue weighted by Gasteiger charge is -2.55. The molecule has 4 nitrogen and oxygen atoms in total. The van der Waals surface area contributed by atoms with E-state index in [-0.39, 0.29) is 22.6 Å². The fraction of sp³-hybridized carbons (Fsp3) is 1.00. The van der Waals surface area contributed by atoms with Gasteiger partial charge in [0.1, 0.15) is 0 Å². The van der Waals surface area contributed by atoms with Gasteiger partial charge in [0.25, 0.3) is 0 Å². The molecular formula is C23H43NO3. The molecule has 0 aromatic carbocycles. The van der Waals surface area contributed by atoms with Gasteiger partial charge in [0, 0.05) is 24.2 Å². The zero-order valence-electron chi connectivity index (χ0n) is 18.7. The Bertz CT molecular complexity index is 526. The molecule has 0 aromatic rings. The molecule has 0 spiro atoms. The number of fused-ring (bicyclic) bond motifs is 2. The molecule has 1 saturated heterocycles. The molecule has 2 saturated carbocycles. The molecule has 2 aliphatic carbocycles. The van der Waals surface area contributed by atoms with E-state index >= 15 is 0 Å². The second kappa shape index (κ2) is 6.97. The Morgan fingerprint density at radius 2 is 1.63 bits per heavy atom. The average Bonchev–Trinajstić information content (AvgIpc) is 2.83. The first-order valence-electron chi connectivity index (χ1n) is 11.0. The number of aliphatic hydroxyl groups excluding tert-OH is 2. The summed E-state index contributed by atoms with van der Waals surface area (Å²) in [5.41, 5.74) is 0.449. The Hall–Kier alpha value is -0.160. The van der Waals surface area contributed by atoms with E-state index in [1.165, 1.54) is 19.3 Å². The number of ether oxygens (including phenoxy) is 1. The lowest BCUT2D eigenvalue weighted by molar-refractivity contribution is -0.103. The van der Waals surface area contributed by atoms with Gasteiger partial charge < -0.3 is 14.9 Å². The first-order chi connectivity index (χ1) is 12.3. The van der Waals surface area contributed by atoms with E-state index in [1.54, 1.807) is 0 Å². The third-order valence-corrected chi connectivity index (χ3v) is 8.81. The molecule has 158 valence electrons. The lowest BCUT2D eigenvalue weighted by atomic mass is 9.70. The van der Waals surface area contributed by atoms with Crippen molar-refractivity contribution in [3.8, 4) is 0 Å². The number of rotatable bonds is 6. The molecule has 1 aliphatic heterocycles. The standard InChI is InChI=1S/C23H43NO3/c1-20(2)13-18(26)14-21(3,4)24(20)15-17(25)9-11-27-19-12-16-8-10-23(19,7)22(16,5)6/h16-19,25-26H,8-15H2,1-7H3/t16-,17-,19-,23-/m0/s1. The van der Waals surface area contributed by atoms with E-state index in [0.29, 0.717) is 31.1 Å². The van der Waals surface area contributed by atoms with E-state index in [0.717, 1.165) is 18.8 Å². The molecule has 3 rings (SSSR count). The smallest absolute Gasteiger partial charge is 0.0689 e. The van der Waals surface area contributed by atoms with Crippen molar-refractivity contribution in [3.05, 3.63) is 0 Å². The maximum Gasteiger partial charge on any atom is 0.0689 e. The minimum absolute atomic E-state index is 0.106. The van der Waals surface area contributed by atoms with Crippen molar-refractivity contribution in [2.24, 2.45) is 16.7 Å². The van der Waals surface area contributed by atoms with Crippen LogP contribution >= 0.6 is 0 Å². The van der Waals surface area contributed by atoms with Crippen molar-refractivity contribution >= 4 is 0 Å². The second-order valence-electron chi connectivity index (χ2n) is 11.7. The van der Waals surface area contributed by atoms with Gasteiger partial charge >= 0.3 is 0 Å². The molecular weight excluding hydrogens is 338 g/mol. The number of aliphatic hydroxyl groups is 2. The Labute approximate surface area is 166 Å². The number of hydrogen-bond donors (Lipinski definition) is 2. The fourth-order valence-electron chi connectivity index (χ4n) is 6.79. The first-order valence-corrected chi connectivity index (χ1v) is 11.0. The molecule has 0 amide bonds. The van der Waals surface area contributed by atoms with Gasteiger partial charge in [0.15, 0.2) is 0 Å². The number of β-amino-alcohol motifs (C(OH)–C–C–N with tert-alkyl or cyclic N) is 1. The molecule has 3 fully saturated rings. The highest BCUT2D eigenvalue weighted by Gasteiger charge is 2.61. The third kappa shape index (κ3) is 3.72. The first kappa shape index (κ1) is 21.5. The number of likely N-dealkylation sites (tertiary alicyclic amines) is 1. The monoisotopic (exact) mass is 381 g/mol. The highest BCUT2D eigenvalue weighted by molar-refractivity contribution is 5.11. The number of nitrogens with zero attached hydrogens (tertiary/aromatic N) is 1. The summed E-state index contributed by atoms with van der Waals surface area (Å²) >= 11 is 0. The molecule has 3 aliphatic rings. The van der Waals surface area contributed by atoms with Gasteiger partial charge in [0.2, 0.25) is 0 Å².